The van der Waals surface area contributed by atoms with E-state index in [1.807, 2.05) is 25.1 Å². The number of carbonyl (C=O) groups is 1. The van der Waals surface area contributed by atoms with E-state index in [9.17, 15) is 9.90 Å². The Morgan fingerprint density at radius 1 is 1.24 bits per heavy atom. The molecule has 1 aliphatic heterocycles. The van der Waals surface area contributed by atoms with Crippen LogP contribution in [0.25, 0.3) is 10.9 Å². The molecule has 4 rings (SSSR count). The number of benzene rings is 2. The van der Waals surface area contributed by atoms with E-state index < -0.39 is 11.5 Å². The average molecular weight is 459 g/mol. The zero-order valence-corrected chi connectivity index (χ0v) is 18.1. The Labute approximate surface area is 177 Å². The number of fused-ring (bicyclic) bond motifs is 3. The molecule has 1 atom stereocenters. The third-order valence-electron chi connectivity index (χ3n) is 5.68. The molecule has 0 radical (unpaired) electrons. The average Bonchev–Trinajstić information content (AvgIpc) is 3.08. The van der Waals surface area contributed by atoms with Gasteiger partial charge in [-0.15, -0.1) is 0 Å². The second-order valence-corrected chi connectivity index (χ2v) is 8.16. The molecule has 2 heterocycles. The standard InChI is InChI=1S/C22H23BrN2O4/c1-12-4-6-16-15(10-12)14-8-9-24-22(21(26)27,20(14)25-16)11-13-5-7-17(28-2)19(29-3)18(13)23/h4-7,10,24-25H,8-9,11H2,1-3H3,(H,26,27). The second-order valence-electron chi connectivity index (χ2n) is 7.37. The maximum atomic E-state index is 12.6. The fourth-order valence-electron chi connectivity index (χ4n) is 4.24. The normalized spacial score (nSPS) is 18.5. The molecule has 0 saturated carbocycles. The molecule has 7 heteroatoms. The van der Waals surface area contributed by atoms with Crippen molar-refractivity contribution in [1.29, 1.82) is 0 Å². The Kier molecular flexibility index (Phi) is 5.04. The van der Waals surface area contributed by atoms with Crippen molar-refractivity contribution in [3.63, 3.8) is 0 Å². The number of halogens is 1. The van der Waals surface area contributed by atoms with Gasteiger partial charge in [0.1, 0.15) is 0 Å². The minimum atomic E-state index is -1.26. The Hall–Kier alpha value is -2.51. The number of aryl methyl sites for hydroxylation is 1. The van der Waals surface area contributed by atoms with Crippen molar-refractivity contribution in [1.82, 2.24) is 10.3 Å². The molecular weight excluding hydrogens is 436 g/mol. The van der Waals surface area contributed by atoms with Crippen LogP contribution in [0.5, 0.6) is 11.5 Å². The smallest absolute Gasteiger partial charge is 0.330 e. The molecule has 29 heavy (non-hydrogen) atoms. The molecule has 2 aromatic carbocycles. The van der Waals surface area contributed by atoms with Gasteiger partial charge in [0.05, 0.1) is 24.4 Å². The monoisotopic (exact) mass is 458 g/mol. The highest BCUT2D eigenvalue weighted by atomic mass is 79.9. The van der Waals surface area contributed by atoms with Gasteiger partial charge in [-0.25, -0.2) is 4.79 Å². The van der Waals surface area contributed by atoms with Crippen molar-refractivity contribution in [3.8, 4) is 11.5 Å². The van der Waals surface area contributed by atoms with E-state index in [0.717, 1.165) is 39.7 Å². The summed E-state index contributed by atoms with van der Waals surface area (Å²) >= 11 is 3.58. The largest absolute Gasteiger partial charge is 0.493 e. The predicted octanol–water partition coefficient (Wildman–Crippen LogP) is 3.92. The molecule has 3 aromatic rings. The molecule has 1 aliphatic rings. The highest BCUT2D eigenvalue weighted by molar-refractivity contribution is 9.10. The molecule has 1 aromatic heterocycles. The summed E-state index contributed by atoms with van der Waals surface area (Å²) in [6.07, 6.45) is 1.03. The topological polar surface area (TPSA) is 83.6 Å². The van der Waals surface area contributed by atoms with Crippen LogP contribution in [0.3, 0.4) is 0 Å². The number of H-pyrrole nitrogens is 1. The zero-order chi connectivity index (χ0) is 20.8. The van der Waals surface area contributed by atoms with Crippen LogP contribution in [0.15, 0.2) is 34.8 Å². The van der Waals surface area contributed by atoms with Gasteiger partial charge in [0.15, 0.2) is 17.0 Å². The first-order chi connectivity index (χ1) is 13.9. The minimum absolute atomic E-state index is 0.252. The number of methoxy groups -OCH3 is 2. The fraction of sp³-hybridized carbons (Fsp3) is 0.318. The summed E-state index contributed by atoms with van der Waals surface area (Å²) in [6, 6.07) is 9.84. The minimum Gasteiger partial charge on any atom is -0.493 e. The van der Waals surface area contributed by atoms with Gasteiger partial charge in [0.25, 0.3) is 0 Å². The Morgan fingerprint density at radius 2 is 2.03 bits per heavy atom. The number of hydrogen-bond acceptors (Lipinski definition) is 4. The molecule has 0 aliphatic carbocycles. The van der Waals surface area contributed by atoms with E-state index >= 15 is 0 Å². The summed E-state index contributed by atoms with van der Waals surface area (Å²) in [5, 5.41) is 14.7. The van der Waals surface area contributed by atoms with E-state index in [2.05, 4.69) is 32.3 Å². The van der Waals surface area contributed by atoms with E-state index in [0.29, 0.717) is 22.5 Å². The molecule has 0 amide bonds. The van der Waals surface area contributed by atoms with E-state index in [4.69, 9.17) is 9.47 Å². The first-order valence-corrected chi connectivity index (χ1v) is 10.2. The number of aliphatic carboxylic acids is 1. The lowest BCUT2D eigenvalue weighted by Gasteiger charge is -2.35. The van der Waals surface area contributed by atoms with Gasteiger partial charge in [-0.3, -0.25) is 5.32 Å². The van der Waals surface area contributed by atoms with Crippen LogP contribution < -0.4 is 14.8 Å². The summed E-state index contributed by atoms with van der Waals surface area (Å²) in [5.41, 5.74) is 3.46. The molecule has 1 unspecified atom stereocenters. The highest BCUT2D eigenvalue weighted by Gasteiger charge is 2.46. The Bertz CT molecular complexity index is 1110. The number of ether oxygens (including phenoxy) is 2. The predicted molar refractivity (Wildman–Crippen MR) is 115 cm³/mol. The Morgan fingerprint density at radius 3 is 2.72 bits per heavy atom. The number of carboxylic acid groups (broad SMARTS) is 1. The van der Waals surface area contributed by atoms with Gasteiger partial charge in [0.2, 0.25) is 0 Å². The molecule has 0 spiro atoms. The van der Waals surface area contributed by atoms with Crippen LogP contribution in [-0.4, -0.2) is 36.8 Å². The maximum Gasteiger partial charge on any atom is 0.330 e. The third kappa shape index (κ3) is 3.09. The molecule has 0 fully saturated rings. The van der Waals surface area contributed by atoms with Crippen LogP contribution in [0.4, 0.5) is 0 Å². The number of hydrogen-bond donors (Lipinski definition) is 3. The summed E-state index contributed by atoms with van der Waals surface area (Å²) in [6.45, 7) is 2.64. The number of aromatic nitrogens is 1. The van der Waals surface area contributed by atoms with Crippen molar-refractivity contribution in [2.75, 3.05) is 20.8 Å². The van der Waals surface area contributed by atoms with Crippen molar-refractivity contribution in [2.45, 2.75) is 25.3 Å². The van der Waals surface area contributed by atoms with Gasteiger partial charge in [-0.2, -0.15) is 0 Å². The third-order valence-corrected chi connectivity index (χ3v) is 6.55. The van der Waals surface area contributed by atoms with Gasteiger partial charge in [0, 0.05) is 23.9 Å². The lowest BCUT2D eigenvalue weighted by Crippen LogP contribution is -2.54. The lowest BCUT2D eigenvalue weighted by molar-refractivity contribution is -0.145. The lowest BCUT2D eigenvalue weighted by atomic mass is 9.81. The van der Waals surface area contributed by atoms with Crippen LogP contribution in [0, 0.1) is 6.92 Å². The first-order valence-electron chi connectivity index (χ1n) is 9.40. The highest BCUT2D eigenvalue weighted by Crippen LogP contribution is 2.42. The summed E-state index contributed by atoms with van der Waals surface area (Å²) < 4.78 is 11.5. The molecule has 6 nitrogen and oxygen atoms in total. The van der Waals surface area contributed by atoms with Gasteiger partial charge >= 0.3 is 5.97 Å². The van der Waals surface area contributed by atoms with E-state index in [-0.39, 0.29) is 6.42 Å². The Balaban J connectivity index is 1.88. The fourth-order valence-corrected chi connectivity index (χ4v) is 4.87. The van der Waals surface area contributed by atoms with E-state index in [1.54, 1.807) is 20.3 Å². The number of carboxylic acids is 1. The van der Waals surface area contributed by atoms with Crippen LogP contribution >= 0.6 is 15.9 Å². The number of aromatic amines is 1. The van der Waals surface area contributed by atoms with Crippen molar-refractivity contribution >= 4 is 32.8 Å². The van der Waals surface area contributed by atoms with Crippen LogP contribution in [0.2, 0.25) is 0 Å². The molecule has 3 N–H and O–H groups in total. The maximum absolute atomic E-state index is 12.6. The molecule has 152 valence electrons. The second kappa shape index (κ2) is 7.39. The molecule has 0 bridgehead atoms. The SMILES string of the molecule is COc1ccc(CC2(C(=O)O)NCCc3c2[nH]c2ccc(C)cc32)c(Br)c1OC. The van der Waals surface area contributed by atoms with Crippen LogP contribution in [-0.2, 0) is 23.2 Å². The summed E-state index contributed by atoms with van der Waals surface area (Å²) in [5.74, 6) is 0.225. The quantitative estimate of drug-likeness (QED) is 0.539. The zero-order valence-electron chi connectivity index (χ0n) is 16.6. The van der Waals surface area contributed by atoms with Gasteiger partial charge in [-0.05, 0) is 58.6 Å². The first kappa shape index (κ1) is 19.8. The van der Waals surface area contributed by atoms with E-state index in [1.165, 1.54) is 0 Å². The molecule has 0 saturated heterocycles. The summed E-state index contributed by atoms with van der Waals surface area (Å²) in [4.78, 5) is 16.0. The summed E-state index contributed by atoms with van der Waals surface area (Å²) in [7, 11) is 3.14. The van der Waals surface area contributed by atoms with Crippen molar-refractivity contribution < 1.29 is 19.4 Å². The van der Waals surface area contributed by atoms with Gasteiger partial charge < -0.3 is 19.6 Å². The van der Waals surface area contributed by atoms with Gasteiger partial charge in [-0.1, -0.05) is 17.7 Å². The van der Waals surface area contributed by atoms with Crippen molar-refractivity contribution in [2.24, 2.45) is 0 Å². The van der Waals surface area contributed by atoms with Crippen molar-refractivity contribution in [3.05, 3.63) is 57.2 Å². The number of rotatable bonds is 5. The number of nitrogens with one attached hydrogen (secondary N) is 2. The van der Waals surface area contributed by atoms with Crippen LogP contribution in [0.1, 0.15) is 22.4 Å². The molecular formula is C22H23BrN2O4.